The third-order valence-electron chi connectivity index (χ3n) is 4.27. The molecule has 0 aliphatic heterocycles. The number of hydrogen-bond acceptors (Lipinski definition) is 0. The van der Waals surface area contributed by atoms with Crippen LogP contribution in [0.25, 0.3) is 0 Å². The van der Waals surface area contributed by atoms with E-state index in [1.165, 1.54) is 36.0 Å². The first-order valence-corrected chi connectivity index (χ1v) is 7.85. The largest absolute Gasteiger partial charge is 0.0985 e. The van der Waals surface area contributed by atoms with E-state index in [0.29, 0.717) is 11.8 Å². The van der Waals surface area contributed by atoms with Gasteiger partial charge in [-0.3, -0.25) is 0 Å². The van der Waals surface area contributed by atoms with Crippen LogP contribution in [0.15, 0.2) is 66.3 Å². The van der Waals surface area contributed by atoms with Gasteiger partial charge in [0.2, 0.25) is 0 Å². The lowest BCUT2D eigenvalue weighted by atomic mass is 9.89. The zero-order chi connectivity index (χ0) is 14.4. The number of rotatable bonds is 4. The first-order valence-electron chi connectivity index (χ1n) is 7.85. The van der Waals surface area contributed by atoms with Crippen molar-refractivity contribution in [1.82, 2.24) is 0 Å². The molecule has 0 amide bonds. The molecule has 0 aromatic heterocycles. The maximum atomic E-state index is 4.01. The minimum absolute atomic E-state index is 0.552. The summed E-state index contributed by atoms with van der Waals surface area (Å²) in [5, 5.41) is 0. The van der Waals surface area contributed by atoms with Gasteiger partial charge in [-0.2, -0.15) is 0 Å². The third-order valence-corrected chi connectivity index (χ3v) is 4.27. The highest BCUT2D eigenvalue weighted by atomic mass is 14.2. The zero-order valence-corrected chi connectivity index (χ0v) is 12.8. The van der Waals surface area contributed by atoms with Crippen molar-refractivity contribution in [2.75, 3.05) is 0 Å². The van der Waals surface area contributed by atoms with Gasteiger partial charge >= 0.3 is 0 Å². The van der Waals surface area contributed by atoms with Gasteiger partial charge in [-0.15, -0.1) is 0 Å². The molecule has 0 saturated carbocycles. The normalized spacial score (nSPS) is 23.9. The van der Waals surface area contributed by atoms with Crippen LogP contribution >= 0.6 is 0 Å². The van der Waals surface area contributed by atoms with Crippen LogP contribution in [0.2, 0.25) is 0 Å². The van der Waals surface area contributed by atoms with Crippen LogP contribution in [0, 0.1) is 5.92 Å². The minimum Gasteiger partial charge on any atom is -0.0985 e. The van der Waals surface area contributed by atoms with Gasteiger partial charge in [-0.1, -0.05) is 75.4 Å². The highest BCUT2D eigenvalue weighted by molar-refractivity contribution is 5.43. The van der Waals surface area contributed by atoms with Crippen molar-refractivity contribution >= 4 is 0 Å². The van der Waals surface area contributed by atoms with E-state index in [1.807, 2.05) is 6.08 Å². The van der Waals surface area contributed by atoms with Gasteiger partial charge in [-0.25, -0.2) is 0 Å². The summed E-state index contributed by atoms with van der Waals surface area (Å²) in [6, 6.07) is 10.9. The molecular formula is C20H26. The van der Waals surface area contributed by atoms with Crippen LogP contribution in [0.1, 0.15) is 51.0 Å². The molecule has 0 N–H and O–H groups in total. The zero-order valence-electron chi connectivity index (χ0n) is 12.8. The Morgan fingerprint density at radius 1 is 1.25 bits per heavy atom. The van der Waals surface area contributed by atoms with Crippen molar-refractivity contribution in [2.45, 2.75) is 45.4 Å². The number of hydrogen-bond donors (Lipinski definition) is 0. The second-order valence-corrected chi connectivity index (χ2v) is 5.74. The summed E-state index contributed by atoms with van der Waals surface area (Å²) in [5.41, 5.74) is 4.27. The highest BCUT2D eigenvalue weighted by Gasteiger charge is 2.19. The van der Waals surface area contributed by atoms with Gasteiger partial charge in [-0.05, 0) is 41.9 Å². The van der Waals surface area contributed by atoms with E-state index in [2.05, 4.69) is 62.9 Å². The molecule has 0 radical (unpaired) electrons. The summed E-state index contributed by atoms with van der Waals surface area (Å²) >= 11 is 0. The lowest BCUT2D eigenvalue weighted by Crippen LogP contribution is -2.01. The van der Waals surface area contributed by atoms with Gasteiger partial charge in [0.05, 0.1) is 0 Å². The van der Waals surface area contributed by atoms with E-state index in [0.717, 1.165) is 6.42 Å². The van der Waals surface area contributed by atoms with Crippen molar-refractivity contribution in [3.8, 4) is 0 Å². The summed E-state index contributed by atoms with van der Waals surface area (Å²) in [7, 11) is 0. The molecule has 1 aromatic rings. The van der Waals surface area contributed by atoms with Crippen LogP contribution in [0.5, 0.6) is 0 Å². The Kier molecular flexibility index (Phi) is 5.40. The maximum Gasteiger partial charge on any atom is 0.00241 e. The van der Waals surface area contributed by atoms with Crippen molar-refractivity contribution < 1.29 is 0 Å². The Morgan fingerprint density at radius 3 is 2.65 bits per heavy atom. The number of benzene rings is 1. The van der Waals surface area contributed by atoms with E-state index in [-0.39, 0.29) is 0 Å². The van der Waals surface area contributed by atoms with Crippen LogP contribution in [-0.2, 0) is 0 Å². The van der Waals surface area contributed by atoms with Crippen LogP contribution in [0.4, 0.5) is 0 Å². The van der Waals surface area contributed by atoms with E-state index >= 15 is 0 Å². The van der Waals surface area contributed by atoms with Crippen molar-refractivity contribution in [3.05, 3.63) is 71.8 Å². The highest BCUT2D eigenvalue weighted by Crippen LogP contribution is 2.36. The smallest absolute Gasteiger partial charge is 0.00241 e. The van der Waals surface area contributed by atoms with Crippen molar-refractivity contribution in [2.24, 2.45) is 5.92 Å². The molecule has 1 aromatic carbocycles. The molecule has 1 aliphatic rings. The summed E-state index contributed by atoms with van der Waals surface area (Å²) in [6.07, 6.45) is 11.7. The Bertz CT molecular complexity index is 490. The second kappa shape index (κ2) is 7.28. The van der Waals surface area contributed by atoms with Gasteiger partial charge in [0.15, 0.2) is 0 Å². The molecule has 0 spiro atoms. The molecule has 0 saturated heterocycles. The molecule has 0 heterocycles. The van der Waals surface area contributed by atoms with Gasteiger partial charge < -0.3 is 0 Å². The molecule has 106 valence electrons. The lowest BCUT2D eigenvalue weighted by molar-refractivity contribution is 0.574. The number of allylic oxidation sites excluding steroid dienone is 5. The summed E-state index contributed by atoms with van der Waals surface area (Å²) in [5.74, 6) is 1.19. The first kappa shape index (κ1) is 14.8. The standard InChI is InChI=1S/C20H26/c1-4-10-17(5-2)20-15-19(14-9-11-16(20)3)18-12-7-6-8-13-18/h5-8,10,12-13,15-16,19H,2,4,9,11,14H2,1,3H3. The Hall–Kier alpha value is -1.56. The van der Waals surface area contributed by atoms with Gasteiger partial charge in [0.1, 0.15) is 0 Å². The summed E-state index contributed by atoms with van der Waals surface area (Å²) in [6.45, 7) is 8.56. The second-order valence-electron chi connectivity index (χ2n) is 5.74. The van der Waals surface area contributed by atoms with Crippen molar-refractivity contribution in [3.63, 3.8) is 0 Å². The summed E-state index contributed by atoms with van der Waals surface area (Å²) in [4.78, 5) is 0. The van der Waals surface area contributed by atoms with Gasteiger partial charge in [0, 0.05) is 5.92 Å². The predicted molar refractivity (Wildman–Crippen MR) is 88.9 cm³/mol. The predicted octanol–water partition coefficient (Wildman–Crippen LogP) is 6.04. The van der Waals surface area contributed by atoms with Crippen molar-refractivity contribution in [1.29, 1.82) is 0 Å². The van der Waals surface area contributed by atoms with E-state index in [9.17, 15) is 0 Å². The maximum absolute atomic E-state index is 4.01. The third kappa shape index (κ3) is 3.50. The molecule has 0 bridgehead atoms. The fourth-order valence-electron chi connectivity index (χ4n) is 3.15. The molecule has 0 heteroatoms. The quantitative estimate of drug-likeness (QED) is 0.583. The molecule has 0 nitrogen and oxygen atoms in total. The minimum atomic E-state index is 0.552. The van der Waals surface area contributed by atoms with Crippen LogP contribution < -0.4 is 0 Å². The van der Waals surface area contributed by atoms with Crippen LogP contribution in [0.3, 0.4) is 0 Å². The Balaban J connectivity index is 2.37. The summed E-state index contributed by atoms with van der Waals surface area (Å²) < 4.78 is 0. The molecule has 0 fully saturated rings. The monoisotopic (exact) mass is 266 g/mol. The SMILES string of the molecule is C=CC(=CCC)C1=CC(c2ccccc2)CCCC1C. The fraction of sp³-hybridized carbons (Fsp3) is 0.400. The molecule has 2 unspecified atom stereocenters. The van der Waals surface area contributed by atoms with Crippen LogP contribution in [-0.4, -0.2) is 0 Å². The Morgan fingerprint density at radius 2 is 2.00 bits per heavy atom. The average Bonchev–Trinajstić information content (AvgIpc) is 2.68. The molecule has 1 aliphatic carbocycles. The van der Waals surface area contributed by atoms with E-state index < -0.39 is 0 Å². The van der Waals surface area contributed by atoms with Gasteiger partial charge in [0.25, 0.3) is 0 Å². The lowest BCUT2D eigenvalue weighted by Gasteiger charge is -2.16. The molecule has 20 heavy (non-hydrogen) atoms. The first-order chi connectivity index (χ1) is 9.76. The molecule has 2 rings (SSSR count). The molecule has 2 atom stereocenters. The van der Waals surface area contributed by atoms with E-state index in [4.69, 9.17) is 0 Å². The van der Waals surface area contributed by atoms with E-state index in [1.54, 1.807) is 0 Å². The Labute approximate surface area is 123 Å². The average molecular weight is 266 g/mol. The molecular weight excluding hydrogens is 240 g/mol. The fourth-order valence-corrected chi connectivity index (χ4v) is 3.15. The topological polar surface area (TPSA) is 0 Å².